The van der Waals surface area contributed by atoms with Crippen LogP contribution in [-0.2, 0) is 4.79 Å². The Balaban J connectivity index is 3.27. The quantitative estimate of drug-likeness (QED) is 0.578. The summed E-state index contributed by atoms with van der Waals surface area (Å²) in [5, 5.41) is 0. The predicted molar refractivity (Wildman–Crippen MR) is 80.7 cm³/mol. The zero-order chi connectivity index (χ0) is 10.9. The Hall–Kier alpha value is 0.840. The molecule has 0 aliphatic heterocycles. The molecule has 3 nitrogen and oxygen atoms in total. The van der Waals surface area contributed by atoms with Gasteiger partial charge in [-0.15, -0.1) is 0 Å². The van der Waals surface area contributed by atoms with Crippen molar-refractivity contribution in [2.75, 3.05) is 0 Å². The molecule has 1 amide bonds. The molecule has 0 saturated heterocycles. The van der Waals surface area contributed by atoms with Crippen molar-refractivity contribution in [3.8, 4) is 0 Å². The number of carbonyl (C=O) groups is 1. The van der Waals surface area contributed by atoms with Gasteiger partial charge in [0.15, 0.2) is 0 Å². The van der Waals surface area contributed by atoms with E-state index in [-0.39, 0.29) is 0 Å². The van der Waals surface area contributed by atoms with Crippen molar-refractivity contribution in [1.29, 1.82) is 0 Å². The fourth-order valence-corrected chi connectivity index (χ4v) is 5.25. The van der Waals surface area contributed by atoms with Gasteiger partial charge in [-0.2, -0.15) is 0 Å². The van der Waals surface area contributed by atoms with Crippen LogP contribution in [0.3, 0.4) is 0 Å². The number of rotatable bonds is 2. The minimum Gasteiger partial charge on any atom is -0.368 e. The second kappa shape index (κ2) is 5.25. The lowest BCUT2D eigenvalue weighted by atomic mass is 10.1. The number of carbonyl (C=O) groups excluding carboxylic acids is 1. The second-order valence-corrected chi connectivity index (χ2v) is 6.23. The summed E-state index contributed by atoms with van der Waals surface area (Å²) in [7, 11) is 0. The van der Waals surface area contributed by atoms with Crippen molar-refractivity contribution in [1.82, 2.24) is 0 Å². The fourth-order valence-electron chi connectivity index (χ4n) is 0.993. The van der Waals surface area contributed by atoms with Crippen molar-refractivity contribution in [2.45, 2.75) is 6.04 Å². The Labute approximate surface area is 123 Å². The molecule has 0 radical (unpaired) electrons. The van der Waals surface area contributed by atoms with Gasteiger partial charge in [0.25, 0.3) is 0 Å². The Morgan fingerprint density at radius 1 is 1.21 bits per heavy atom. The first-order valence-corrected chi connectivity index (χ1v) is 6.86. The van der Waals surface area contributed by atoms with Gasteiger partial charge < -0.3 is 11.5 Å². The second-order valence-electron chi connectivity index (χ2n) is 2.66. The van der Waals surface area contributed by atoms with Gasteiger partial charge in [0.1, 0.15) is 6.04 Å². The number of primary amides is 1. The number of nitrogens with two attached hydrogens (primary N) is 2. The molecule has 0 fully saturated rings. The fraction of sp³-hybridized carbons (Fsp3) is 0.125. The first-order valence-electron chi connectivity index (χ1n) is 3.63. The minimum absolute atomic E-state index is 0.498. The molecule has 0 heterocycles. The highest BCUT2D eigenvalue weighted by molar-refractivity contribution is 14.1. The van der Waals surface area contributed by atoms with Crippen molar-refractivity contribution >= 4 is 73.7 Å². The molecule has 0 aliphatic carbocycles. The standard InChI is InChI=1S/C8H7I3N2O/c9-3-1-4(10)6(5(11)2-3)7(12)8(13)14/h1-2,7H,12H2,(H2,13,14). The summed E-state index contributed by atoms with van der Waals surface area (Å²) in [5.41, 5.74) is 11.7. The summed E-state index contributed by atoms with van der Waals surface area (Å²) in [4.78, 5) is 11.0. The van der Waals surface area contributed by atoms with Gasteiger partial charge in [-0.3, -0.25) is 4.79 Å². The Kier molecular flexibility index (Phi) is 4.84. The normalized spacial score (nSPS) is 12.6. The molecule has 1 unspecified atom stereocenters. The maximum absolute atomic E-state index is 11.0. The Morgan fingerprint density at radius 2 is 1.64 bits per heavy atom. The molecule has 0 aliphatic rings. The van der Waals surface area contributed by atoms with Gasteiger partial charge >= 0.3 is 0 Å². The molecule has 1 atom stereocenters. The number of benzene rings is 1. The lowest BCUT2D eigenvalue weighted by Gasteiger charge is -2.12. The third-order valence-electron chi connectivity index (χ3n) is 1.66. The van der Waals surface area contributed by atoms with E-state index in [1.54, 1.807) is 0 Å². The van der Waals surface area contributed by atoms with Crippen LogP contribution in [0.1, 0.15) is 11.6 Å². The number of hydrogen-bond donors (Lipinski definition) is 2. The Bertz CT molecular complexity index is 358. The van der Waals surface area contributed by atoms with Gasteiger partial charge in [-0.1, -0.05) is 0 Å². The third-order valence-corrected chi connectivity index (χ3v) is 4.07. The van der Waals surface area contributed by atoms with E-state index < -0.39 is 11.9 Å². The maximum atomic E-state index is 11.0. The molecule has 1 rings (SSSR count). The average molecular weight is 528 g/mol. The van der Waals surface area contributed by atoms with Crippen LogP contribution in [0, 0.1) is 10.7 Å². The zero-order valence-electron chi connectivity index (χ0n) is 6.93. The summed E-state index contributed by atoms with van der Waals surface area (Å²) in [5.74, 6) is -0.498. The Morgan fingerprint density at radius 3 is 2.00 bits per heavy atom. The lowest BCUT2D eigenvalue weighted by Crippen LogP contribution is -2.29. The van der Waals surface area contributed by atoms with E-state index in [2.05, 4.69) is 67.8 Å². The summed E-state index contributed by atoms with van der Waals surface area (Å²) in [6.45, 7) is 0. The van der Waals surface area contributed by atoms with Crippen molar-refractivity contribution in [3.05, 3.63) is 28.4 Å². The van der Waals surface area contributed by atoms with E-state index in [0.29, 0.717) is 0 Å². The molecule has 0 saturated carbocycles. The molecule has 4 N–H and O–H groups in total. The third kappa shape index (κ3) is 2.92. The van der Waals surface area contributed by atoms with Crippen LogP contribution in [0.4, 0.5) is 0 Å². The molecule has 0 aromatic heterocycles. The summed E-state index contributed by atoms with van der Waals surface area (Å²) < 4.78 is 3.08. The van der Waals surface area contributed by atoms with Crippen LogP contribution >= 0.6 is 67.8 Å². The number of halogens is 3. The van der Waals surface area contributed by atoms with Crippen LogP contribution in [0.15, 0.2) is 12.1 Å². The number of hydrogen-bond acceptors (Lipinski definition) is 2. The highest BCUT2D eigenvalue weighted by atomic mass is 127. The lowest BCUT2D eigenvalue weighted by molar-refractivity contribution is -0.119. The van der Waals surface area contributed by atoms with Gasteiger partial charge in [0.05, 0.1) is 0 Å². The van der Waals surface area contributed by atoms with Gasteiger partial charge in [0, 0.05) is 16.3 Å². The molecular weight excluding hydrogens is 521 g/mol. The first kappa shape index (κ1) is 12.9. The van der Waals surface area contributed by atoms with E-state index in [1.807, 2.05) is 12.1 Å². The molecule has 1 aromatic carbocycles. The average Bonchev–Trinajstić information content (AvgIpc) is 2.01. The van der Waals surface area contributed by atoms with Gasteiger partial charge in [-0.25, -0.2) is 0 Å². The van der Waals surface area contributed by atoms with E-state index >= 15 is 0 Å². The molecular formula is C8H7I3N2O. The summed E-state index contributed by atoms with van der Waals surface area (Å²) >= 11 is 6.55. The van der Waals surface area contributed by atoms with Crippen molar-refractivity contribution < 1.29 is 4.79 Å². The van der Waals surface area contributed by atoms with E-state index in [1.165, 1.54) is 0 Å². The first-order chi connectivity index (χ1) is 6.43. The highest BCUT2D eigenvalue weighted by Gasteiger charge is 2.18. The molecule has 14 heavy (non-hydrogen) atoms. The van der Waals surface area contributed by atoms with Crippen LogP contribution in [0.5, 0.6) is 0 Å². The van der Waals surface area contributed by atoms with Crippen molar-refractivity contribution in [3.63, 3.8) is 0 Å². The molecule has 76 valence electrons. The predicted octanol–water partition coefficient (Wildman–Crippen LogP) is 1.99. The van der Waals surface area contributed by atoms with Crippen LogP contribution < -0.4 is 11.5 Å². The van der Waals surface area contributed by atoms with Gasteiger partial charge in [-0.05, 0) is 79.9 Å². The van der Waals surface area contributed by atoms with E-state index in [9.17, 15) is 4.79 Å². The van der Waals surface area contributed by atoms with E-state index in [4.69, 9.17) is 11.5 Å². The van der Waals surface area contributed by atoms with Crippen LogP contribution in [0.25, 0.3) is 0 Å². The van der Waals surface area contributed by atoms with Crippen molar-refractivity contribution in [2.24, 2.45) is 11.5 Å². The minimum atomic E-state index is -0.717. The maximum Gasteiger partial charge on any atom is 0.239 e. The summed E-state index contributed by atoms with van der Waals surface area (Å²) in [6, 6.07) is 3.23. The molecule has 0 spiro atoms. The highest BCUT2D eigenvalue weighted by Crippen LogP contribution is 2.26. The molecule has 6 heteroatoms. The van der Waals surface area contributed by atoms with Gasteiger partial charge in [0.2, 0.25) is 5.91 Å². The monoisotopic (exact) mass is 528 g/mol. The van der Waals surface area contributed by atoms with E-state index in [0.717, 1.165) is 16.3 Å². The largest absolute Gasteiger partial charge is 0.368 e. The SMILES string of the molecule is NC(=O)C(N)c1c(I)cc(I)cc1I. The zero-order valence-corrected chi connectivity index (χ0v) is 13.4. The topological polar surface area (TPSA) is 69.1 Å². The smallest absolute Gasteiger partial charge is 0.239 e. The summed E-state index contributed by atoms with van der Waals surface area (Å²) in [6.07, 6.45) is 0. The molecule has 1 aromatic rings. The number of amides is 1. The molecule has 0 bridgehead atoms. The van der Waals surface area contributed by atoms with Crippen LogP contribution in [0.2, 0.25) is 0 Å². The van der Waals surface area contributed by atoms with Crippen LogP contribution in [-0.4, -0.2) is 5.91 Å².